The Kier molecular flexibility index (Phi) is 5.18. The van der Waals surface area contributed by atoms with Crippen LogP contribution in [0.3, 0.4) is 0 Å². The van der Waals surface area contributed by atoms with E-state index in [1.165, 1.54) is 11.3 Å². The first-order valence-corrected chi connectivity index (χ1v) is 7.76. The number of thiazole rings is 1. The first-order valence-electron chi connectivity index (χ1n) is 5.71. The molecule has 0 radical (unpaired) electrons. The predicted octanol–water partition coefficient (Wildman–Crippen LogP) is 4.20. The average molecular weight is 346 g/mol. The lowest BCUT2D eigenvalue weighted by atomic mass is 10.2. The molecule has 1 aromatic carbocycles. The van der Waals surface area contributed by atoms with Crippen LogP contribution < -0.4 is 5.32 Å². The maximum atomic E-state index is 5.95. The Bertz CT molecular complexity index is 527. The van der Waals surface area contributed by atoms with E-state index < -0.39 is 0 Å². The number of aromatic nitrogens is 1. The standard InChI is InChI=1S/C13H14BrClN2S/c1-9-17-11(8-18-9)4-5-16-7-10-2-3-13(15)12(14)6-10/h2-3,6,8,16H,4-5,7H2,1H3. The molecule has 0 saturated carbocycles. The second-order valence-corrected chi connectivity index (χ2v) is 6.36. The summed E-state index contributed by atoms with van der Waals surface area (Å²) in [5.74, 6) is 0. The van der Waals surface area contributed by atoms with Gasteiger partial charge in [0.05, 0.1) is 15.7 Å². The number of hydrogen-bond donors (Lipinski definition) is 1. The summed E-state index contributed by atoms with van der Waals surface area (Å²) in [5.41, 5.74) is 2.39. The first-order chi connectivity index (χ1) is 8.65. The van der Waals surface area contributed by atoms with Crippen LogP contribution in [0.4, 0.5) is 0 Å². The molecule has 18 heavy (non-hydrogen) atoms. The number of benzene rings is 1. The van der Waals surface area contributed by atoms with Gasteiger partial charge in [-0.25, -0.2) is 4.98 Å². The molecule has 0 aliphatic carbocycles. The van der Waals surface area contributed by atoms with Crippen molar-refractivity contribution in [3.8, 4) is 0 Å². The zero-order valence-electron chi connectivity index (χ0n) is 10.0. The average Bonchev–Trinajstić information content (AvgIpc) is 2.75. The molecule has 0 unspecified atom stereocenters. The Hall–Kier alpha value is -0.420. The Labute approximate surface area is 125 Å². The molecule has 2 nitrogen and oxygen atoms in total. The Balaban J connectivity index is 1.76. The number of halogens is 2. The zero-order chi connectivity index (χ0) is 13.0. The summed E-state index contributed by atoms with van der Waals surface area (Å²) in [7, 11) is 0. The minimum absolute atomic E-state index is 0.747. The topological polar surface area (TPSA) is 24.9 Å². The van der Waals surface area contributed by atoms with Crippen molar-refractivity contribution in [3.05, 3.63) is 49.3 Å². The maximum Gasteiger partial charge on any atom is 0.0897 e. The maximum absolute atomic E-state index is 5.95. The van der Waals surface area contributed by atoms with Crippen molar-refractivity contribution >= 4 is 38.9 Å². The summed E-state index contributed by atoms with van der Waals surface area (Å²) >= 11 is 11.1. The third kappa shape index (κ3) is 4.05. The van der Waals surface area contributed by atoms with Gasteiger partial charge in [0, 0.05) is 29.4 Å². The van der Waals surface area contributed by atoms with E-state index in [0.29, 0.717) is 0 Å². The number of nitrogens with one attached hydrogen (secondary N) is 1. The quantitative estimate of drug-likeness (QED) is 0.822. The fourth-order valence-electron chi connectivity index (χ4n) is 1.62. The van der Waals surface area contributed by atoms with E-state index in [0.717, 1.165) is 34.0 Å². The van der Waals surface area contributed by atoms with Gasteiger partial charge in [-0.15, -0.1) is 11.3 Å². The Morgan fingerprint density at radius 2 is 2.28 bits per heavy atom. The number of aryl methyl sites for hydroxylation is 1. The van der Waals surface area contributed by atoms with E-state index in [9.17, 15) is 0 Å². The fourth-order valence-corrected chi connectivity index (χ4v) is 2.81. The molecule has 2 aromatic rings. The number of hydrogen-bond acceptors (Lipinski definition) is 3. The summed E-state index contributed by atoms with van der Waals surface area (Å²) < 4.78 is 0.943. The zero-order valence-corrected chi connectivity index (χ0v) is 13.2. The molecule has 0 spiro atoms. The van der Waals surface area contributed by atoms with Crippen molar-refractivity contribution < 1.29 is 0 Å². The van der Waals surface area contributed by atoms with Gasteiger partial charge < -0.3 is 5.32 Å². The van der Waals surface area contributed by atoms with Crippen molar-refractivity contribution in [2.75, 3.05) is 6.54 Å². The molecule has 0 bridgehead atoms. The van der Waals surface area contributed by atoms with E-state index in [2.05, 4.69) is 31.6 Å². The van der Waals surface area contributed by atoms with Crippen LogP contribution >= 0.6 is 38.9 Å². The van der Waals surface area contributed by atoms with Gasteiger partial charge in [-0.3, -0.25) is 0 Å². The van der Waals surface area contributed by atoms with Crippen LogP contribution in [0, 0.1) is 6.92 Å². The van der Waals surface area contributed by atoms with Crippen molar-refractivity contribution in [3.63, 3.8) is 0 Å². The molecular weight excluding hydrogens is 332 g/mol. The van der Waals surface area contributed by atoms with Gasteiger partial charge in [0.25, 0.3) is 0 Å². The highest BCUT2D eigenvalue weighted by Gasteiger charge is 2.00. The van der Waals surface area contributed by atoms with Crippen molar-refractivity contribution in [2.24, 2.45) is 0 Å². The highest BCUT2D eigenvalue weighted by Crippen LogP contribution is 2.23. The van der Waals surface area contributed by atoms with E-state index in [1.807, 2.05) is 25.1 Å². The largest absolute Gasteiger partial charge is 0.312 e. The summed E-state index contributed by atoms with van der Waals surface area (Å²) in [6.07, 6.45) is 0.971. The van der Waals surface area contributed by atoms with Gasteiger partial charge in [0.1, 0.15) is 0 Å². The van der Waals surface area contributed by atoms with E-state index in [1.54, 1.807) is 11.3 Å². The lowest BCUT2D eigenvalue weighted by molar-refractivity contribution is 0.681. The molecule has 0 amide bonds. The molecule has 0 saturated heterocycles. The minimum Gasteiger partial charge on any atom is -0.312 e. The molecular formula is C13H14BrClN2S. The van der Waals surface area contributed by atoms with Gasteiger partial charge in [-0.2, -0.15) is 0 Å². The Morgan fingerprint density at radius 3 is 2.94 bits per heavy atom. The molecule has 96 valence electrons. The van der Waals surface area contributed by atoms with E-state index >= 15 is 0 Å². The lowest BCUT2D eigenvalue weighted by Crippen LogP contribution is -2.16. The highest BCUT2D eigenvalue weighted by molar-refractivity contribution is 9.10. The van der Waals surface area contributed by atoms with Gasteiger partial charge in [-0.05, 0) is 40.5 Å². The van der Waals surface area contributed by atoms with Crippen molar-refractivity contribution in [1.29, 1.82) is 0 Å². The third-order valence-corrected chi connectivity index (χ3v) is 4.57. The number of rotatable bonds is 5. The molecule has 1 N–H and O–H groups in total. The molecule has 2 rings (SSSR count). The van der Waals surface area contributed by atoms with Crippen LogP contribution in [-0.4, -0.2) is 11.5 Å². The van der Waals surface area contributed by atoms with Gasteiger partial charge in [0.2, 0.25) is 0 Å². The van der Waals surface area contributed by atoms with Crippen LogP contribution in [0.1, 0.15) is 16.3 Å². The van der Waals surface area contributed by atoms with Gasteiger partial charge >= 0.3 is 0 Å². The molecule has 0 atom stereocenters. The van der Waals surface area contributed by atoms with Crippen LogP contribution in [0.2, 0.25) is 5.02 Å². The highest BCUT2D eigenvalue weighted by atomic mass is 79.9. The molecule has 5 heteroatoms. The van der Waals surface area contributed by atoms with Crippen LogP contribution in [0.15, 0.2) is 28.1 Å². The normalized spacial score (nSPS) is 10.8. The summed E-state index contributed by atoms with van der Waals surface area (Å²) in [4.78, 5) is 4.43. The summed E-state index contributed by atoms with van der Waals surface area (Å²) in [6.45, 7) is 3.81. The molecule has 0 fully saturated rings. The predicted molar refractivity (Wildman–Crippen MR) is 81.4 cm³/mol. The summed E-state index contributed by atoms with van der Waals surface area (Å²) in [5, 5.41) is 7.41. The molecule has 1 heterocycles. The first kappa shape index (κ1) is 14.0. The second kappa shape index (κ2) is 6.66. The monoisotopic (exact) mass is 344 g/mol. The summed E-state index contributed by atoms with van der Waals surface area (Å²) in [6, 6.07) is 5.99. The van der Waals surface area contributed by atoms with Crippen LogP contribution in [0.25, 0.3) is 0 Å². The van der Waals surface area contributed by atoms with Gasteiger partial charge in [0.15, 0.2) is 0 Å². The van der Waals surface area contributed by atoms with E-state index in [-0.39, 0.29) is 0 Å². The molecule has 0 aliphatic heterocycles. The van der Waals surface area contributed by atoms with Gasteiger partial charge in [-0.1, -0.05) is 17.7 Å². The van der Waals surface area contributed by atoms with E-state index in [4.69, 9.17) is 11.6 Å². The SMILES string of the molecule is Cc1nc(CCNCc2ccc(Cl)c(Br)c2)cs1. The fraction of sp³-hybridized carbons (Fsp3) is 0.308. The van der Waals surface area contributed by atoms with Crippen LogP contribution in [0.5, 0.6) is 0 Å². The molecule has 0 aliphatic rings. The smallest absolute Gasteiger partial charge is 0.0897 e. The Morgan fingerprint density at radius 1 is 1.44 bits per heavy atom. The molecule has 1 aromatic heterocycles. The van der Waals surface area contributed by atoms with Crippen molar-refractivity contribution in [1.82, 2.24) is 10.3 Å². The third-order valence-electron chi connectivity index (χ3n) is 2.54. The second-order valence-electron chi connectivity index (χ2n) is 4.03. The van der Waals surface area contributed by atoms with Crippen molar-refractivity contribution in [2.45, 2.75) is 19.9 Å². The number of nitrogens with zero attached hydrogens (tertiary/aromatic N) is 1. The minimum atomic E-state index is 0.747. The lowest BCUT2D eigenvalue weighted by Gasteiger charge is -2.05. The van der Waals surface area contributed by atoms with Crippen LogP contribution in [-0.2, 0) is 13.0 Å².